The molecule has 5 unspecified atom stereocenters. The van der Waals surface area contributed by atoms with Crippen molar-refractivity contribution >= 4 is 8.88 Å². The Labute approximate surface area is 162 Å². The standard InChI is InChI=1S/C21H40N2O2Si/c1-17-9-6-11-19-13-8-16-23(21(17)19)26(24-2,25-3)22-15-7-12-18-10-4-5-14-20(18)22/h17-21H,4-16H2,1-3H3. The van der Waals surface area contributed by atoms with Gasteiger partial charge in [0.2, 0.25) is 0 Å². The van der Waals surface area contributed by atoms with E-state index in [0.717, 1.165) is 17.8 Å². The van der Waals surface area contributed by atoms with Gasteiger partial charge in [-0.25, -0.2) is 0 Å². The van der Waals surface area contributed by atoms with Crippen molar-refractivity contribution < 1.29 is 8.85 Å². The smallest absolute Gasteiger partial charge is 0.374 e. The predicted molar refractivity (Wildman–Crippen MR) is 108 cm³/mol. The summed E-state index contributed by atoms with van der Waals surface area (Å²) in [5.41, 5.74) is 0. The summed E-state index contributed by atoms with van der Waals surface area (Å²) in [5.74, 6) is 2.51. The zero-order valence-electron chi connectivity index (χ0n) is 17.3. The summed E-state index contributed by atoms with van der Waals surface area (Å²) in [4.78, 5) is 0. The fourth-order valence-corrected chi connectivity index (χ4v) is 11.0. The summed E-state index contributed by atoms with van der Waals surface area (Å²) in [7, 11) is 1.35. The molecule has 0 bridgehead atoms. The van der Waals surface area contributed by atoms with Crippen molar-refractivity contribution in [2.45, 2.75) is 89.6 Å². The number of rotatable bonds is 4. The van der Waals surface area contributed by atoms with Crippen molar-refractivity contribution in [2.24, 2.45) is 17.8 Å². The van der Waals surface area contributed by atoms with Crippen LogP contribution >= 0.6 is 0 Å². The van der Waals surface area contributed by atoms with Gasteiger partial charge < -0.3 is 8.85 Å². The van der Waals surface area contributed by atoms with Gasteiger partial charge in [-0.2, -0.15) is 0 Å². The van der Waals surface area contributed by atoms with E-state index in [4.69, 9.17) is 8.85 Å². The van der Waals surface area contributed by atoms with E-state index in [2.05, 4.69) is 16.1 Å². The Morgan fingerprint density at radius 2 is 1.31 bits per heavy atom. The molecule has 26 heavy (non-hydrogen) atoms. The molecular weight excluding hydrogens is 340 g/mol. The molecule has 0 amide bonds. The predicted octanol–water partition coefficient (Wildman–Crippen LogP) is 4.27. The molecule has 4 rings (SSSR count). The fraction of sp³-hybridized carbons (Fsp3) is 1.00. The molecule has 2 saturated carbocycles. The minimum Gasteiger partial charge on any atom is -0.374 e. The highest BCUT2D eigenvalue weighted by molar-refractivity contribution is 6.61. The Bertz CT molecular complexity index is 469. The van der Waals surface area contributed by atoms with Crippen LogP contribution in [-0.4, -0.2) is 57.4 Å². The van der Waals surface area contributed by atoms with Crippen LogP contribution in [0.4, 0.5) is 0 Å². The minimum atomic E-state index is -2.53. The lowest BCUT2D eigenvalue weighted by Crippen LogP contribution is -2.77. The SMILES string of the molecule is CO[Si](OC)(N1CCCC2CCCCC21)N1CCCC2CCCC(C)C21. The van der Waals surface area contributed by atoms with E-state index < -0.39 is 8.88 Å². The second kappa shape index (κ2) is 8.20. The number of nitrogens with zero attached hydrogens (tertiary/aromatic N) is 2. The van der Waals surface area contributed by atoms with Crippen LogP contribution in [0.25, 0.3) is 0 Å². The van der Waals surface area contributed by atoms with E-state index in [-0.39, 0.29) is 0 Å². The van der Waals surface area contributed by atoms with Crippen LogP contribution in [0.2, 0.25) is 0 Å². The Morgan fingerprint density at radius 1 is 0.692 bits per heavy atom. The maximum Gasteiger partial charge on any atom is 0.522 e. The number of hydrogen-bond acceptors (Lipinski definition) is 4. The normalized spacial score (nSPS) is 40.0. The van der Waals surface area contributed by atoms with Crippen molar-refractivity contribution in [3.8, 4) is 0 Å². The van der Waals surface area contributed by atoms with Gasteiger partial charge in [0, 0.05) is 26.3 Å². The van der Waals surface area contributed by atoms with Gasteiger partial charge in [0.25, 0.3) is 0 Å². The summed E-state index contributed by atoms with van der Waals surface area (Å²) < 4.78 is 18.5. The summed E-state index contributed by atoms with van der Waals surface area (Å²) in [6.45, 7) is 4.84. The first-order chi connectivity index (χ1) is 12.7. The third-order valence-electron chi connectivity index (χ3n) is 8.14. The first-order valence-corrected chi connectivity index (χ1v) is 13.1. The zero-order valence-corrected chi connectivity index (χ0v) is 18.3. The van der Waals surface area contributed by atoms with Crippen LogP contribution in [0.1, 0.15) is 77.6 Å². The fourth-order valence-electron chi connectivity index (χ4n) is 7.08. The summed E-state index contributed by atoms with van der Waals surface area (Å²) in [6, 6.07) is 1.37. The highest BCUT2D eigenvalue weighted by Gasteiger charge is 2.59. The van der Waals surface area contributed by atoms with Crippen molar-refractivity contribution in [1.82, 2.24) is 9.13 Å². The quantitative estimate of drug-likeness (QED) is 0.680. The molecule has 4 fully saturated rings. The molecule has 0 N–H and O–H groups in total. The van der Waals surface area contributed by atoms with Gasteiger partial charge in [-0.3, -0.25) is 9.13 Å². The van der Waals surface area contributed by atoms with Gasteiger partial charge in [-0.1, -0.05) is 26.2 Å². The van der Waals surface area contributed by atoms with Crippen molar-refractivity contribution in [3.63, 3.8) is 0 Å². The molecule has 0 aromatic carbocycles. The third-order valence-corrected chi connectivity index (χ3v) is 11.7. The van der Waals surface area contributed by atoms with E-state index in [9.17, 15) is 0 Å². The maximum atomic E-state index is 6.48. The summed E-state index contributed by atoms with van der Waals surface area (Å²) in [5, 5.41) is 0. The molecule has 2 aliphatic carbocycles. The average Bonchev–Trinajstić information content (AvgIpc) is 2.70. The van der Waals surface area contributed by atoms with Crippen LogP contribution in [0.15, 0.2) is 0 Å². The molecule has 4 aliphatic rings. The Morgan fingerprint density at radius 3 is 2.08 bits per heavy atom. The van der Waals surface area contributed by atoms with E-state index in [1.165, 1.54) is 83.7 Å². The molecule has 0 aromatic rings. The van der Waals surface area contributed by atoms with Crippen LogP contribution in [0.5, 0.6) is 0 Å². The largest absolute Gasteiger partial charge is 0.522 e. The van der Waals surface area contributed by atoms with E-state index >= 15 is 0 Å². The topological polar surface area (TPSA) is 24.9 Å². The number of hydrogen-bond donors (Lipinski definition) is 0. The first kappa shape index (κ1) is 19.4. The molecule has 5 atom stereocenters. The zero-order chi connectivity index (χ0) is 18.1. The molecule has 2 heterocycles. The molecular formula is C21H40N2O2Si. The minimum absolute atomic E-state index is 0.674. The van der Waals surface area contributed by atoms with Gasteiger partial charge in [-0.15, -0.1) is 0 Å². The Kier molecular flexibility index (Phi) is 6.11. The van der Waals surface area contributed by atoms with Gasteiger partial charge in [0.15, 0.2) is 0 Å². The van der Waals surface area contributed by atoms with E-state index in [0.29, 0.717) is 12.1 Å². The number of piperidine rings is 2. The van der Waals surface area contributed by atoms with Gasteiger partial charge in [0.05, 0.1) is 0 Å². The maximum absolute atomic E-state index is 6.48. The Hall–Kier alpha value is 0.0569. The second-order valence-electron chi connectivity index (χ2n) is 9.40. The summed E-state index contributed by atoms with van der Waals surface area (Å²) >= 11 is 0. The molecule has 0 radical (unpaired) electrons. The van der Waals surface area contributed by atoms with Crippen molar-refractivity contribution in [3.05, 3.63) is 0 Å². The molecule has 2 saturated heterocycles. The lowest BCUT2D eigenvalue weighted by molar-refractivity contribution is -0.0214. The van der Waals surface area contributed by atoms with Crippen LogP contribution in [0, 0.1) is 17.8 Å². The van der Waals surface area contributed by atoms with Gasteiger partial charge >= 0.3 is 8.88 Å². The molecule has 150 valence electrons. The molecule has 5 heteroatoms. The highest BCUT2D eigenvalue weighted by Crippen LogP contribution is 2.44. The summed E-state index contributed by atoms with van der Waals surface area (Å²) in [6.07, 6.45) is 15.3. The molecule has 2 aliphatic heterocycles. The van der Waals surface area contributed by atoms with Gasteiger partial charge in [-0.05, 0) is 82.2 Å². The van der Waals surface area contributed by atoms with Crippen molar-refractivity contribution in [2.75, 3.05) is 27.3 Å². The monoisotopic (exact) mass is 380 g/mol. The Balaban J connectivity index is 1.66. The first-order valence-electron chi connectivity index (χ1n) is 11.3. The van der Waals surface area contributed by atoms with Crippen LogP contribution in [-0.2, 0) is 8.85 Å². The highest BCUT2D eigenvalue weighted by atomic mass is 28.4. The van der Waals surface area contributed by atoms with E-state index in [1.54, 1.807) is 0 Å². The molecule has 4 nitrogen and oxygen atoms in total. The van der Waals surface area contributed by atoms with Crippen LogP contribution < -0.4 is 0 Å². The third kappa shape index (κ3) is 3.22. The number of fused-ring (bicyclic) bond motifs is 2. The molecule has 0 aromatic heterocycles. The van der Waals surface area contributed by atoms with Gasteiger partial charge in [0.1, 0.15) is 0 Å². The van der Waals surface area contributed by atoms with Crippen LogP contribution in [0.3, 0.4) is 0 Å². The average molecular weight is 381 g/mol. The molecule has 0 spiro atoms. The van der Waals surface area contributed by atoms with Crippen molar-refractivity contribution in [1.29, 1.82) is 0 Å². The van der Waals surface area contributed by atoms with E-state index in [1.807, 2.05) is 14.2 Å². The second-order valence-corrected chi connectivity index (χ2v) is 12.5. The lowest BCUT2D eigenvalue weighted by Gasteiger charge is -2.58. The lowest BCUT2D eigenvalue weighted by atomic mass is 9.74.